The number of ether oxygens (including phenoxy) is 1. The van der Waals surface area contributed by atoms with E-state index in [4.69, 9.17) is 10.5 Å². The molecule has 0 saturated heterocycles. The number of halogens is 3. The van der Waals surface area contributed by atoms with E-state index in [-0.39, 0.29) is 12.5 Å². The fourth-order valence-electron chi connectivity index (χ4n) is 1.99. The van der Waals surface area contributed by atoms with Gasteiger partial charge in [0.15, 0.2) is 0 Å². The Labute approximate surface area is 105 Å². The standard InChI is InChI=1S/C12H20F3NO2/c1-11(16,12(13,14)15)10(17)18-8-9-6-4-2-3-5-7-9/h9H,2-8,16H2,1H3. The number of carbonyl (C=O) groups is 1. The van der Waals surface area contributed by atoms with Gasteiger partial charge >= 0.3 is 12.1 Å². The lowest BCUT2D eigenvalue weighted by Crippen LogP contribution is -2.58. The highest BCUT2D eigenvalue weighted by Crippen LogP contribution is 2.29. The quantitative estimate of drug-likeness (QED) is 0.632. The maximum Gasteiger partial charge on any atom is 0.416 e. The van der Waals surface area contributed by atoms with Crippen LogP contribution in [0, 0.1) is 5.92 Å². The number of hydrogen-bond donors (Lipinski definition) is 1. The van der Waals surface area contributed by atoms with Gasteiger partial charge in [-0.15, -0.1) is 0 Å². The summed E-state index contributed by atoms with van der Waals surface area (Å²) in [5.74, 6) is -1.22. The summed E-state index contributed by atoms with van der Waals surface area (Å²) in [5, 5.41) is 0. The number of alkyl halides is 3. The summed E-state index contributed by atoms with van der Waals surface area (Å²) in [6.45, 7) is 0.685. The second-order valence-corrected chi connectivity index (χ2v) is 5.16. The Morgan fingerprint density at radius 1 is 1.22 bits per heavy atom. The SMILES string of the molecule is CC(N)(C(=O)OCC1CCCCCC1)C(F)(F)F. The minimum atomic E-state index is -4.78. The number of esters is 1. The predicted octanol–water partition coefficient (Wildman–Crippen LogP) is 2.78. The van der Waals surface area contributed by atoms with Crippen molar-refractivity contribution in [3.05, 3.63) is 0 Å². The van der Waals surface area contributed by atoms with Gasteiger partial charge in [-0.25, -0.2) is 4.79 Å². The van der Waals surface area contributed by atoms with E-state index in [1.807, 2.05) is 0 Å². The van der Waals surface area contributed by atoms with Crippen LogP contribution in [-0.2, 0) is 9.53 Å². The van der Waals surface area contributed by atoms with Crippen molar-refractivity contribution in [2.45, 2.75) is 57.2 Å². The highest BCUT2D eigenvalue weighted by molar-refractivity contribution is 5.81. The van der Waals surface area contributed by atoms with Crippen LogP contribution in [0.4, 0.5) is 13.2 Å². The molecule has 1 atom stereocenters. The van der Waals surface area contributed by atoms with Crippen molar-refractivity contribution in [3.8, 4) is 0 Å². The lowest BCUT2D eigenvalue weighted by Gasteiger charge is -2.26. The first-order chi connectivity index (χ1) is 8.25. The second-order valence-electron chi connectivity index (χ2n) is 5.16. The first kappa shape index (κ1) is 15.3. The first-order valence-corrected chi connectivity index (χ1v) is 6.28. The molecule has 1 aliphatic carbocycles. The second kappa shape index (κ2) is 5.91. The van der Waals surface area contributed by atoms with Gasteiger partial charge in [-0.1, -0.05) is 25.7 Å². The third-order valence-corrected chi connectivity index (χ3v) is 3.44. The van der Waals surface area contributed by atoms with Gasteiger partial charge in [-0.2, -0.15) is 13.2 Å². The molecule has 0 aliphatic heterocycles. The highest BCUT2D eigenvalue weighted by Gasteiger charge is 2.55. The fourth-order valence-corrected chi connectivity index (χ4v) is 1.99. The molecule has 1 rings (SSSR count). The maximum atomic E-state index is 12.5. The van der Waals surface area contributed by atoms with Gasteiger partial charge < -0.3 is 10.5 Å². The van der Waals surface area contributed by atoms with Gasteiger partial charge in [-0.3, -0.25) is 0 Å². The molecule has 0 heterocycles. The van der Waals surface area contributed by atoms with E-state index >= 15 is 0 Å². The Hall–Kier alpha value is -0.780. The van der Waals surface area contributed by atoms with Crippen LogP contribution >= 0.6 is 0 Å². The van der Waals surface area contributed by atoms with Gasteiger partial charge in [0.05, 0.1) is 6.61 Å². The lowest BCUT2D eigenvalue weighted by atomic mass is 10.0. The molecule has 0 amide bonds. The summed E-state index contributed by atoms with van der Waals surface area (Å²) in [6, 6.07) is 0. The van der Waals surface area contributed by atoms with Crippen molar-refractivity contribution in [2.24, 2.45) is 11.7 Å². The fraction of sp³-hybridized carbons (Fsp3) is 0.917. The average Bonchev–Trinajstić information content (AvgIpc) is 2.52. The predicted molar refractivity (Wildman–Crippen MR) is 60.8 cm³/mol. The molecule has 0 aromatic heterocycles. The van der Waals surface area contributed by atoms with Gasteiger partial charge in [0.1, 0.15) is 0 Å². The van der Waals surface area contributed by atoms with E-state index < -0.39 is 17.7 Å². The van der Waals surface area contributed by atoms with Crippen LogP contribution in [-0.4, -0.2) is 24.3 Å². The Bertz CT molecular complexity index is 282. The van der Waals surface area contributed by atoms with E-state index in [0.29, 0.717) is 6.92 Å². The molecule has 1 aliphatic rings. The van der Waals surface area contributed by atoms with Crippen LogP contribution in [0.2, 0.25) is 0 Å². The van der Waals surface area contributed by atoms with Crippen molar-refractivity contribution < 1.29 is 22.7 Å². The summed E-state index contributed by atoms with van der Waals surface area (Å²) < 4.78 is 42.2. The molecule has 0 aromatic carbocycles. The molecule has 1 unspecified atom stereocenters. The summed E-state index contributed by atoms with van der Waals surface area (Å²) in [4.78, 5) is 11.4. The molecule has 0 radical (unpaired) electrons. The van der Waals surface area contributed by atoms with Crippen molar-refractivity contribution in [1.29, 1.82) is 0 Å². The molecule has 106 valence electrons. The summed E-state index contributed by atoms with van der Waals surface area (Å²) >= 11 is 0. The monoisotopic (exact) mass is 267 g/mol. The van der Waals surface area contributed by atoms with E-state index in [2.05, 4.69) is 0 Å². The Balaban J connectivity index is 2.45. The minimum absolute atomic E-state index is 0.0434. The van der Waals surface area contributed by atoms with Crippen LogP contribution < -0.4 is 5.73 Å². The molecule has 18 heavy (non-hydrogen) atoms. The molecule has 1 fully saturated rings. The topological polar surface area (TPSA) is 52.3 Å². The van der Waals surface area contributed by atoms with Crippen LogP contribution in [0.25, 0.3) is 0 Å². The van der Waals surface area contributed by atoms with E-state index in [0.717, 1.165) is 38.5 Å². The lowest BCUT2D eigenvalue weighted by molar-refractivity contribution is -0.202. The highest BCUT2D eigenvalue weighted by atomic mass is 19.4. The normalized spacial score (nSPS) is 22.1. The average molecular weight is 267 g/mol. The Kier molecular flexibility index (Phi) is 5.01. The summed E-state index contributed by atoms with van der Waals surface area (Å²) in [6.07, 6.45) is 1.39. The molecule has 0 bridgehead atoms. The van der Waals surface area contributed by atoms with Crippen molar-refractivity contribution >= 4 is 5.97 Å². The molecule has 1 saturated carbocycles. The molecule has 0 aromatic rings. The zero-order valence-corrected chi connectivity index (χ0v) is 10.6. The molecule has 2 N–H and O–H groups in total. The zero-order chi connectivity index (χ0) is 13.8. The van der Waals surface area contributed by atoms with Crippen molar-refractivity contribution in [3.63, 3.8) is 0 Å². The third kappa shape index (κ3) is 3.86. The number of hydrogen-bond acceptors (Lipinski definition) is 3. The van der Waals surface area contributed by atoms with E-state index in [1.54, 1.807) is 0 Å². The van der Waals surface area contributed by atoms with Gasteiger partial charge in [0.2, 0.25) is 5.54 Å². The van der Waals surface area contributed by atoms with Crippen LogP contribution in [0.3, 0.4) is 0 Å². The Morgan fingerprint density at radius 2 is 1.72 bits per heavy atom. The number of carbonyl (C=O) groups excluding carboxylic acids is 1. The third-order valence-electron chi connectivity index (χ3n) is 3.44. The largest absolute Gasteiger partial charge is 0.464 e. The molecule has 3 nitrogen and oxygen atoms in total. The van der Waals surface area contributed by atoms with Crippen LogP contribution in [0.1, 0.15) is 45.4 Å². The molecular weight excluding hydrogens is 247 g/mol. The molecular formula is C12H20F3NO2. The zero-order valence-electron chi connectivity index (χ0n) is 10.6. The van der Waals surface area contributed by atoms with Crippen LogP contribution in [0.5, 0.6) is 0 Å². The molecule has 0 spiro atoms. The molecule has 6 heteroatoms. The van der Waals surface area contributed by atoms with E-state index in [9.17, 15) is 18.0 Å². The minimum Gasteiger partial charge on any atom is -0.464 e. The Morgan fingerprint density at radius 3 is 2.17 bits per heavy atom. The van der Waals surface area contributed by atoms with Crippen LogP contribution in [0.15, 0.2) is 0 Å². The van der Waals surface area contributed by atoms with Gasteiger partial charge in [-0.05, 0) is 25.7 Å². The van der Waals surface area contributed by atoms with Gasteiger partial charge in [0, 0.05) is 0 Å². The number of nitrogens with two attached hydrogens (primary N) is 1. The maximum absolute atomic E-state index is 12.5. The van der Waals surface area contributed by atoms with E-state index in [1.165, 1.54) is 0 Å². The van der Waals surface area contributed by atoms with Crippen molar-refractivity contribution in [1.82, 2.24) is 0 Å². The first-order valence-electron chi connectivity index (χ1n) is 6.28. The number of rotatable bonds is 3. The van der Waals surface area contributed by atoms with Crippen molar-refractivity contribution in [2.75, 3.05) is 6.61 Å². The summed E-state index contributed by atoms with van der Waals surface area (Å²) in [7, 11) is 0. The summed E-state index contributed by atoms with van der Waals surface area (Å²) in [5.41, 5.74) is 2.07. The smallest absolute Gasteiger partial charge is 0.416 e. The van der Waals surface area contributed by atoms with Gasteiger partial charge in [0.25, 0.3) is 0 Å².